The first kappa shape index (κ1) is 12.8. The van der Waals surface area contributed by atoms with Crippen molar-refractivity contribution in [2.24, 2.45) is 0 Å². The van der Waals surface area contributed by atoms with Crippen LogP contribution in [-0.2, 0) is 0 Å². The van der Waals surface area contributed by atoms with Crippen LogP contribution in [0.25, 0.3) is 0 Å². The Bertz CT molecular complexity index is 336. The van der Waals surface area contributed by atoms with E-state index in [1.165, 1.54) is 0 Å². The van der Waals surface area contributed by atoms with Crippen molar-refractivity contribution < 1.29 is 4.74 Å². The summed E-state index contributed by atoms with van der Waals surface area (Å²) in [5.74, 6) is 1.59. The van der Waals surface area contributed by atoms with E-state index < -0.39 is 0 Å². The van der Waals surface area contributed by atoms with E-state index in [-0.39, 0.29) is 18.0 Å². The summed E-state index contributed by atoms with van der Waals surface area (Å²) in [5.41, 5.74) is 5.55. The predicted octanol–water partition coefficient (Wildman–Crippen LogP) is 1.02. The van der Waals surface area contributed by atoms with Gasteiger partial charge in [0.15, 0.2) is 0 Å². The molecule has 0 spiro atoms. The number of hydrogen-bond acceptors (Lipinski definition) is 7. The van der Waals surface area contributed by atoms with Crippen LogP contribution in [0.4, 0.5) is 11.9 Å². The van der Waals surface area contributed by atoms with Crippen LogP contribution in [0.5, 0.6) is 6.01 Å². The van der Waals surface area contributed by atoms with Gasteiger partial charge in [-0.05, 0) is 20.1 Å². The van der Waals surface area contributed by atoms with Crippen molar-refractivity contribution in [3.63, 3.8) is 0 Å². The first-order valence-corrected chi connectivity index (χ1v) is 6.45. The van der Waals surface area contributed by atoms with E-state index >= 15 is 0 Å². The lowest BCUT2D eigenvalue weighted by Gasteiger charge is -2.12. The monoisotopic (exact) mass is 243 g/mol. The molecule has 0 aliphatic heterocycles. The van der Waals surface area contributed by atoms with Crippen molar-refractivity contribution in [3.05, 3.63) is 0 Å². The van der Waals surface area contributed by atoms with E-state index in [1.807, 2.05) is 13.2 Å². The molecule has 7 heteroatoms. The second-order valence-electron chi connectivity index (χ2n) is 3.23. The summed E-state index contributed by atoms with van der Waals surface area (Å²) in [6, 6.07) is 0.528. The summed E-state index contributed by atoms with van der Waals surface area (Å²) >= 11 is 1.75. The number of hydrogen-bond donors (Lipinski definition) is 2. The zero-order valence-corrected chi connectivity index (χ0v) is 10.5. The van der Waals surface area contributed by atoms with Gasteiger partial charge in [-0.1, -0.05) is 0 Å². The lowest BCUT2D eigenvalue weighted by Crippen LogP contribution is -2.20. The van der Waals surface area contributed by atoms with Crippen LogP contribution in [0.2, 0.25) is 0 Å². The van der Waals surface area contributed by atoms with Gasteiger partial charge in [-0.3, -0.25) is 0 Å². The van der Waals surface area contributed by atoms with Gasteiger partial charge >= 0.3 is 6.01 Å². The predicted molar refractivity (Wildman–Crippen MR) is 66.9 cm³/mol. The first-order valence-electron chi connectivity index (χ1n) is 5.05. The molecule has 3 N–H and O–H groups in total. The number of aromatic nitrogens is 3. The summed E-state index contributed by atoms with van der Waals surface area (Å²) in [6.45, 7) is 4.42. The SMILES string of the molecule is CCOc1nc(N)nc(NC(C)CSC)n1. The van der Waals surface area contributed by atoms with E-state index in [0.29, 0.717) is 12.6 Å². The molecule has 0 amide bonds. The van der Waals surface area contributed by atoms with E-state index in [0.717, 1.165) is 5.75 Å². The van der Waals surface area contributed by atoms with Crippen LogP contribution in [0, 0.1) is 0 Å². The maximum absolute atomic E-state index is 5.55. The molecule has 0 aliphatic carbocycles. The highest BCUT2D eigenvalue weighted by Crippen LogP contribution is 2.10. The molecule has 0 aromatic carbocycles. The molecule has 1 heterocycles. The van der Waals surface area contributed by atoms with Crippen LogP contribution in [0.15, 0.2) is 0 Å². The summed E-state index contributed by atoms with van der Waals surface area (Å²) in [4.78, 5) is 12.0. The molecule has 0 fully saturated rings. The quantitative estimate of drug-likeness (QED) is 0.771. The van der Waals surface area contributed by atoms with Crippen molar-refractivity contribution >= 4 is 23.7 Å². The minimum absolute atomic E-state index is 0.164. The highest BCUT2D eigenvalue weighted by molar-refractivity contribution is 7.98. The van der Waals surface area contributed by atoms with Crippen molar-refractivity contribution in [1.29, 1.82) is 0 Å². The average Bonchev–Trinajstić information content (AvgIpc) is 2.17. The molecule has 0 aliphatic rings. The van der Waals surface area contributed by atoms with Crippen LogP contribution in [-0.4, -0.2) is 39.6 Å². The molecule has 1 aromatic rings. The molecule has 0 saturated carbocycles. The van der Waals surface area contributed by atoms with E-state index in [1.54, 1.807) is 11.8 Å². The maximum Gasteiger partial charge on any atom is 0.323 e. The van der Waals surface area contributed by atoms with Crippen molar-refractivity contribution in [3.8, 4) is 6.01 Å². The molecule has 6 nitrogen and oxygen atoms in total. The Morgan fingerprint density at radius 2 is 2.19 bits per heavy atom. The summed E-state index contributed by atoms with van der Waals surface area (Å²) in [6.07, 6.45) is 2.05. The fourth-order valence-corrected chi connectivity index (χ4v) is 1.73. The van der Waals surface area contributed by atoms with Crippen molar-refractivity contribution in [2.75, 3.05) is 29.7 Å². The van der Waals surface area contributed by atoms with Gasteiger partial charge < -0.3 is 15.8 Å². The Labute approximate surface area is 99.4 Å². The van der Waals surface area contributed by atoms with Gasteiger partial charge in [-0.25, -0.2) is 0 Å². The van der Waals surface area contributed by atoms with Gasteiger partial charge in [0.05, 0.1) is 6.61 Å². The van der Waals surface area contributed by atoms with Crippen LogP contribution >= 0.6 is 11.8 Å². The Hall–Kier alpha value is -1.24. The third-order valence-electron chi connectivity index (χ3n) is 1.70. The molecular formula is C9H17N5OS. The second-order valence-corrected chi connectivity index (χ2v) is 4.14. The Balaban J connectivity index is 2.71. The number of anilines is 2. The van der Waals surface area contributed by atoms with Gasteiger partial charge in [0, 0.05) is 11.8 Å². The molecule has 90 valence electrons. The second kappa shape index (κ2) is 6.37. The smallest absolute Gasteiger partial charge is 0.323 e. The van der Waals surface area contributed by atoms with Gasteiger partial charge in [-0.15, -0.1) is 0 Å². The zero-order chi connectivity index (χ0) is 12.0. The Kier molecular flexibility index (Phi) is 5.10. The standard InChI is InChI=1S/C9H17N5OS/c1-4-15-9-13-7(10)12-8(14-9)11-6(2)5-16-3/h6H,4-5H2,1-3H3,(H3,10,11,12,13,14). The highest BCUT2D eigenvalue weighted by Gasteiger charge is 2.07. The van der Waals surface area contributed by atoms with Crippen LogP contribution < -0.4 is 15.8 Å². The number of rotatable bonds is 6. The Morgan fingerprint density at radius 3 is 2.81 bits per heavy atom. The molecule has 1 aromatic heterocycles. The summed E-state index contributed by atoms with van der Waals surface area (Å²) < 4.78 is 5.18. The zero-order valence-electron chi connectivity index (χ0n) is 9.73. The number of nitrogens with zero attached hydrogens (tertiary/aromatic N) is 3. The third kappa shape index (κ3) is 4.09. The number of ether oxygens (including phenoxy) is 1. The molecule has 0 saturated heterocycles. The lowest BCUT2D eigenvalue weighted by molar-refractivity contribution is 0.312. The van der Waals surface area contributed by atoms with E-state index in [2.05, 4.69) is 27.2 Å². The Morgan fingerprint density at radius 1 is 1.44 bits per heavy atom. The lowest BCUT2D eigenvalue weighted by atomic mass is 10.4. The molecule has 0 bridgehead atoms. The number of nitrogen functional groups attached to an aromatic ring is 1. The minimum atomic E-state index is 0.164. The first-order chi connectivity index (χ1) is 7.65. The van der Waals surface area contributed by atoms with Gasteiger partial charge in [-0.2, -0.15) is 26.7 Å². The average molecular weight is 243 g/mol. The topological polar surface area (TPSA) is 86.0 Å². The summed E-state index contributed by atoms with van der Waals surface area (Å²) in [7, 11) is 0. The third-order valence-corrected chi connectivity index (χ3v) is 2.53. The maximum atomic E-state index is 5.55. The van der Waals surface area contributed by atoms with E-state index in [4.69, 9.17) is 10.5 Å². The molecule has 16 heavy (non-hydrogen) atoms. The number of nitrogens with two attached hydrogens (primary N) is 1. The van der Waals surface area contributed by atoms with Crippen molar-refractivity contribution in [1.82, 2.24) is 15.0 Å². The van der Waals surface area contributed by atoms with E-state index in [9.17, 15) is 0 Å². The molecule has 1 atom stereocenters. The van der Waals surface area contributed by atoms with Gasteiger partial charge in [0.1, 0.15) is 0 Å². The normalized spacial score (nSPS) is 12.2. The minimum Gasteiger partial charge on any atom is -0.464 e. The number of nitrogens with one attached hydrogen (secondary N) is 1. The molecule has 1 unspecified atom stereocenters. The van der Waals surface area contributed by atoms with Gasteiger partial charge in [0.25, 0.3) is 0 Å². The summed E-state index contributed by atoms with van der Waals surface area (Å²) in [5, 5.41) is 3.14. The molecule has 0 radical (unpaired) electrons. The van der Waals surface area contributed by atoms with Crippen LogP contribution in [0.1, 0.15) is 13.8 Å². The van der Waals surface area contributed by atoms with Gasteiger partial charge in [0.2, 0.25) is 11.9 Å². The van der Waals surface area contributed by atoms with Crippen molar-refractivity contribution in [2.45, 2.75) is 19.9 Å². The van der Waals surface area contributed by atoms with Crippen LogP contribution in [0.3, 0.4) is 0 Å². The molecular weight excluding hydrogens is 226 g/mol. The largest absolute Gasteiger partial charge is 0.464 e. The molecule has 1 rings (SSSR count). The number of thioether (sulfide) groups is 1. The highest BCUT2D eigenvalue weighted by atomic mass is 32.2. The fraction of sp³-hybridized carbons (Fsp3) is 0.667. The fourth-order valence-electron chi connectivity index (χ4n) is 1.14.